The molecule has 2 aromatic heterocycles. The van der Waals surface area contributed by atoms with Crippen LogP contribution in [-0.2, 0) is 13.6 Å². The Bertz CT molecular complexity index is 1300. The van der Waals surface area contributed by atoms with E-state index in [1.807, 2.05) is 26.3 Å². The van der Waals surface area contributed by atoms with Gasteiger partial charge in [-0.1, -0.05) is 48.2 Å². The molecule has 0 spiro atoms. The number of nitrogens with zero attached hydrogens (tertiary/aromatic N) is 6. The van der Waals surface area contributed by atoms with E-state index in [2.05, 4.69) is 20.2 Å². The molecule has 0 saturated heterocycles. The van der Waals surface area contributed by atoms with Crippen LogP contribution in [0.1, 0.15) is 38.8 Å². The van der Waals surface area contributed by atoms with Crippen molar-refractivity contribution in [2.45, 2.75) is 28.7 Å². The average Bonchev–Trinajstić information content (AvgIpc) is 3.46. The largest absolute Gasteiger partial charge is 0.289 e. The maximum absolute atomic E-state index is 12.9. The molecule has 1 aliphatic rings. The van der Waals surface area contributed by atoms with Gasteiger partial charge in [-0.25, -0.2) is 9.97 Å². The number of aromatic nitrogens is 6. The minimum Gasteiger partial charge on any atom is -0.289 e. The fourth-order valence-corrected chi connectivity index (χ4v) is 4.44. The van der Waals surface area contributed by atoms with Crippen molar-refractivity contribution in [2.75, 3.05) is 6.26 Å². The zero-order valence-electron chi connectivity index (χ0n) is 17.7. The number of ketones is 2. The number of benzene rings is 2. The van der Waals surface area contributed by atoms with E-state index in [9.17, 15) is 9.59 Å². The van der Waals surface area contributed by atoms with Gasteiger partial charge < -0.3 is 0 Å². The molecular formula is C22H20N6O2S2. The minimum atomic E-state index is -0.127. The van der Waals surface area contributed by atoms with Gasteiger partial charge in [0.2, 0.25) is 10.3 Å². The van der Waals surface area contributed by atoms with Crippen LogP contribution in [0.4, 0.5) is 0 Å². The molecule has 0 fully saturated rings. The van der Waals surface area contributed by atoms with Crippen LogP contribution in [0.15, 0.2) is 70.3 Å². The van der Waals surface area contributed by atoms with E-state index in [0.717, 1.165) is 11.7 Å². The highest BCUT2D eigenvalue weighted by Crippen LogP contribution is 2.35. The monoisotopic (exact) mass is 464 g/mol. The van der Waals surface area contributed by atoms with Gasteiger partial charge >= 0.3 is 0 Å². The molecule has 0 N–H and O–H groups in total. The second kappa shape index (κ2) is 9.49. The first kappa shape index (κ1) is 22.0. The van der Waals surface area contributed by atoms with Gasteiger partial charge in [0.1, 0.15) is 12.7 Å². The molecule has 0 unspecified atom stereocenters. The molecule has 5 rings (SSSR count). The molecule has 10 heteroatoms. The van der Waals surface area contributed by atoms with Gasteiger partial charge in [-0.3, -0.25) is 19.0 Å². The molecule has 162 valence electrons. The molecular weight excluding hydrogens is 444 g/mol. The molecule has 0 saturated carbocycles. The Morgan fingerprint density at radius 1 is 0.844 bits per heavy atom. The summed E-state index contributed by atoms with van der Waals surface area (Å²) in [6, 6.07) is 12.3. The molecule has 0 bridgehead atoms. The van der Waals surface area contributed by atoms with Crippen molar-refractivity contribution in [1.82, 2.24) is 29.5 Å². The second-order valence-corrected chi connectivity index (χ2v) is 8.55. The molecule has 0 radical (unpaired) electrons. The van der Waals surface area contributed by atoms with Gasteiger partial charge in [-0.2, -0.15) is 0 Å². The first-order chi connectivity index (χ1) is 15.5. The Morgan fingerprint density at radius 3 is 2.12 bits per heavy atom. The van der Waals surface area contributed by atoms with Crippen LogP contribution in [-0.4, -0.2) is 47.4 Å². The van der Waals surface area contributed by atoms with Gasteiger partial charge in [-0.15, -0.1) is 10.2 Å². The number of aryl methyl sites for hydroxylation is 2. The lowest BCUT2D eigenvalue weighted by Crippen LogP contribution is -2.21. The quantitative estimate of drug-likeness (QED) is 0.371. The summed E-state index contributed by atoms with van der Waals surface area (Å²) in [5.41, 5.74) is 1.80. The Balaban J connectivity index is 0.000000260. The van der Waals surface area contributed by atoms with E-state index in [1.54, 1.807) is 70.2 Å². The lowest BCUT2D eigenvalue weighted by molar-refractivity contribution is 0.0977. The number of carbonyl (C=O) groups excluding carboxylic acids is 2. The molecule has 0 amide bonds. The van der Waals surface area contributed by atoms with Crippen LogP contribution in [0.25, 0.3) is 0 Å². The van der Waals surface area contributed by atoms with Gasteiger partial charge in [0.25, 0.3) is 0 Å². The number of hydrogen-bond acceptors (Lipinski definition) is 8. The lowest BCUT2D eigenvalue weighted by Gasteiger charge is -2.19. The highest BCUT2D eigenvalue weighted by molar-refractivity contribution is 7.99. The van der Waals surface area contributed by atoms with Crippen LogP contribution in [0.5, 0.6) is 0 Å². The molecule has 2 heterocycles. The summed E-state index contributed by atoms with van der Waals surface area (Å²) >= 11 is 2.85. The van der Waals surface area contributed by atoms with E-state index in [4.69, 9.17) is 0 Å². The summed E-state index contributed by atoms with van der Waals surface area (Å²) in [4.78, 5) is 34.5. The third kappa shape index (κ3) is 4.37. The van der Waals surface area contributed by atoms with Crippen LogP contribution >= 0.6 is 23.5 Å². The van der Waals surface area contributed by atoms with Crippen molar-refractivity contribution in [1.29, 1.82) is 0 Å². The topological polar surface area (TPSA) is 95.6 Å². The predicted molar refractivity (Wildman–Crippen MR) is 122 cm³/mol. The Hall–Kier alpha value is -3.24. The maximum atomic E-state index is 12.9. The van der Waals surface area contributed by atoms with Crippen LogP contribution in [0.3, 0.4) is 0 Å². The van der Waals surface area contributed by atoms with Crippen molar-refractivity contribution in [2.24, 2.45) is 7.05 Å². The number of hydrogen-bond donors (Lipinski definition) is 0. The maximum Gasteiger partial charge on any atom is 0.213 e. The van der Waals surface area contributed by atoms with E-state index in [-0.39, 0.29) is 11.6 Å². The van der Waals surface area contributed by atoms with Crippen molar-refractivity contribution in [3.63, 3.8) is 0 Å². The van der Waals surface area contributed by atoms with E-state index in [1.165, 1.54) is 11.8 Å². The normalized spacial score (nSPS) is 12.1. The molecule has 2 aromatic carbocycles. The number of carbonyl (C=O) groups is 2. The van der Waals surface area contributed by atoms with Crippen LogP contribution in [0.2, 0.25) is 0 Å². The summed E-state index contributed by atoms with van der Waals surface area (Å²) in [6.45, 7) is 2.71. The Morgan fingerprint density at radius 2 is 1.53 bits per heavy atom. The van der Waals surface area contributed by atoms with E-state index >= 15 is 0 Å². The molecule has 8 nitrogen and oxygen atoms in total. The first-order valence-electron chi connectivity index (χ1n) is 9.80. The van der Waals surface area contributed by atoms with Gasteiger partial charge in [0.05, 0.1) is 0 Å². The van der Waals surface area contributed by atoms with Crippen molar-refractivity contribution < 1.29 is 9.59 Å². The fourth-order valence-electron chi connectivity index (χ4n) is 3.19. The molecule has 0 atom stereocenters. The fraction of sp³-hybridized carbons (Fsp3) is 0.182. The lowest BCUT2D eigenvalue weighted by atomic mass is 9.84. The van der Waals surface area contributed by atoms with E-state index in [0.29, 0.717) is 32.3 Å². The predicted octanol–water partition coefficient (Wildman–Crippen LogP) is 3.76. The Labute approximate surface area is 193 Å². The molecule has 1 aliphatic carbocycles. The van der Waals surface area contributed by atoms with Crippen LogP contribution in [0, 0.1) is 0 Å². The zero-order valence-corrected chi connectivity index (χ0v) is 19.4. The zero-order chi connectivity index (χ0) is 22.7. The number of fused-ring (bicyclic) bond motifs is 2. The highest BCUT2D eigenvalue weighted by atomic mass is 32.2. The highest BCUT2D eigenvalue weighted by Gasteiger charge is 2.31. The summed E-state index contributed by atoms with van der Waals surface area (Å²) in [5, 5.41) is 9.72. The van der Waals surface area contributed by atoms with Crippen LogP contribution < -0.4 is 0 Å². The summed E-state index contributed by atoms with van der Waals surface area (Å²) in [6.07, 6.45) is 5.29. The Kier molecular flexibility index (Phi) is 6.52. The number of rotatable bonds is 4. The SMILES string of the molecule is CCn1cnc(Sc2cccc3c2C(=O)c2ccccc2C3=O)n1.CSc1ncn(C)n1. The third-order valence-electron chi connectivity index (χ3n) is 4.72. The molecule has 32 heavy (non-hydrogen) atoms. The average molecular weight is 465 g/mol. The molecule has 4 aromatic rings. The van der Waals surface area contributed by atoms with Gasteiger partial charge in [-0.05, 0) is 31.0 Å². The third-order valence-corrected chi connectivity index (χ3v) is 6.20. The van der Waals surface area contributed by atoms with E-state index < -0.39 is 0 Å². The first-order valence-corrected chi connectivity index (χ1v) is 11.8. The standard InChI is InChI=1S/C18H13N3O2S.C4H7N3S/c1-2-21-10-19-18(20-21)24-14-9-5-8-13-15(14)17(23)12-7-4-3-6-11(12)16(13)22;1-7-3-5-4(6-7)8-2/h3-10H,2H2,1H3;3H,1-2H3. The van der Waals surface area contributed by atoms with Crippen molar-refractivity contribution in [3.8, 4) is 0 Å². The second-order valence-electron chi connectivity index (χ2n) is 6.77. The summed E-state index contributed by atoms with van der Waals surface area (Å²) in [7, 11) is 1.85. The smallest absolute Gasteiger partial charge is 0.213 e. The minimum absolute atomic E-state index is 0.116. The summed E-state index contributed by atoms with van der Waals surface area (Å²) < 4.78 is 3.41. The van der Waals surface area contributed by atoms with Crippen molar-refractivity contribution in [3.05, 3.63) is 77.4 Å². The summed E-state index contributed by atoms with van der Waals surface area (Å²) in [5.74, 6) is -0.243. The van der Waals surface area contributed by atoms with Gasteiger partial charge in [0.15, 0.2) is 11.6 Å². The van der Waals surface area contributed by atoms with Crippen molar-refractivity contribution >= 4 is 35.1 Å². The molecule has 0 aliphatic heterocycles. The number of thioether (sulfide) groups is 1. The van der Waals surface area contributed by atoms with Gasteiger partial charge in [0, 0.05) is 40.7 Å².